The monoisotopic (exact) mass is 268 g/mol. The highest BCUT2D eigenvalue weighted by Gasteiger charge is 2.47. The fourth-order valence-electron chi connectivity index (χ4n) is 3.17. The van der Waals surface area contributed by atoms with Crippen LogP contribution in [0.3, 0.4) is 0 Å². The molecular weight excluding hydrogens is 244 g/mol. The van der Waals surface area contributed by atoms with Crippen molar-refractivity contribution >= 4 is 11.8 Å². The molecule has 2 amide bonds. The van der Waals surface area contributed by atoms with E-state index in [1.54, 1.807) is 0 Å². The van der Waals surface area contributed by atoms with E-state index in [4.69, 9.17) is 4.74 Å². The van der Waals surface area contributed by atoms with Crippen molar-refractivity contribution in [2.24, 2.45) is 0 Å². The van der Waals surface area contributed by atoms with E-state index in [0.717, 1.165) is 25.7 Å². The van der Waals surface area contributed by atoms with Gasteiger partial charge >= 0.3 is 0 Å². The maximum atomic E-state index is 12.8. The highest BCUT2D eigenvalue weighted by molar-refractivity contribution is 5.94. The molecule has 0 radical (unpaired) electrons. The van der Waals surface area contributed by atoms with Gasteiger partial charge in [-0.1, -0.05) is 12.8 Å². The first-order valence-electron chi connectivity index (χ1n) is 7.29. The van der Waals surface area contributed by atoms with E-state index in [1.807, 2.05) is 18.7 Å². The maximum absolute atomic E-state index is 12.8. The number of hydrogen-bond acceptors (Lipinski definition) is 3. The van der Waals surface area contributed by atoms with Gasteiger partial charge in [0.15, 0.2) is 0 Å². The molecule has 1 aliphatic heterocycles. The summed E-state index contributed by atoms with van der Waals surface area (Å²) in [5, 5.41) is 2.98. The van der Waals surface area contributed by atoms with E-state index in [-0.39, 0.29) is 17.9 Å². The van der Waals surface area contributed by atoms with Crippen LogP contribution in [0.25, 0.3) is 0 Å². The van der Waals surface area contributed by atoms with E-state index in [2.05, 4.69) is 5.32 Å². The lowest BCUT2D eigenvalue weighted by atomic mass is 9.95. The minimum atomic E-state index is -0.631. The Hall–Kier alpha value is -1.10. The number of hydrogen-bond donors (Lipinski definition) is 1. The molecule has 2 rings (SSSR count). The van der Waals surface area contributed by atoms with E-state index in [0.29, 0.717) is 26.2 Å². The standard InChI is InChI=1S/C14H24N2O3/c1-3-19-9-8-16-11(2)10-12(17)15-14(13(16)18)6-4-5-7-14/h11H,3-10H2,1-2H3,(H,15,17). The van der Waals surface area contributed by atoms with Crippen molar-refractivity contribution in [3.8, 4) is 0 Å². The predicted octanol–water partition coefficient (Wildman–Crippen LogP) is 1.07. The normalized spacial score (nSPS) is 26.6. The Kier molecular flexibility index (Phi) is 4.45. The summed E-state index contributed by atoms with van der Waals surface area (Å²) in [6.45, 7) is 5.65. The summed E-state index contributed by atoms with van der Waals surface area (Å²) >= 11 is 0. The van der Waals surface area contributed by atoms with E-state index in [9.17, 15) is 9.59 Å². The van der Waals surface area contributed by atoms with Crippen LogP contribution in [-0.2, 0) is 14.3 Å². The molecule has 0 aromatic rings. The predicted molar refractivity (Wildman–Crippen MR) is 71.6 cm³/mol. The fraction of sp³-hybridized carbons (Fsp3) is 0.857. The SMILES string of the molecule is CCOCCN1C(=O)C2(CCCC2)NC(=O)CC1C. The molecule has 1 unspecified atom stereocenters. The summed E-state index contributed by atoms with van der Waals surface area (Å²) in [7, 11) is 0. The van der Waals surface area contributed by atoms with Gasteiger partial charge in [-0.25, -0.2) is 0 Å². The van der Waals surface area contributed by atoms with Crippen LogP contribution in [-0.4, -0.2) is 48.1 Å². The maximum Gasteiger partial charge on any atom is 0.248 e. The van der Waals surface area contributed by atoms with Crippen LogP contribution >= 0.6 is 0 Å². The van der Waals surface area contributed by atoms with Gasteiger partial charge in [-0.05, 0) is 26.7 Å². The zero-order valence-electron chi connectivity index (χ0n) is 11.9. The van der Waals surface area contributed by atoms with Gasteiger partial charge in [0, 0.05) is 25.6 Å². The molecule has 2 aliphatic rings. The molecule has 0 aromatic carbocycles. The Bertz CT molecular complexity index is 351. The Balaban J connectivity index is 2.14. The molecule has 1 spiro atoms. The third-order valence-electron chi connectivity index (χ3n) is 4.20. The van der Waals surface area contributed by atoms with Crippen molar-refractivity contribution < 1.29 is 14.3 Å². The number of carbonyl (C=O) groups excluding carboxylic acids is 2. The van der Waals surface area contributed by atoms with Crippen LogP contribution in [0.5, 0.6) is 0 Å². The number of rotatable bonds is 4. The number of nitrogens with zero attached hydrogens (tertiary/aromatic N) is 1. The molecule has 0 bridgehead atoms. The molecule has 1 aliphatic carbocycles. The lowest BCUT2D eigenvalue weighted by Crippen LogP contribution is -2.56. The van der Waals surface area contributed by atoms with Crippen molar-refractivity contribution in [1.82, 2.24) is 10.2 Å². The number of amides is 2. The van der Waals surface area contributed by atoms with Gasteiger partial charge < -0.3 is 15.0 Å². The van der Waals surface area contributed by atoms with Gasteiger partial charge in [-0.3, -0.25) is 9.59 Å². The van der Waals surface area contributed by atoms with Crippen LogP contribution in [0.4, 0.5) is 0 Å². The first kappa shape index (κ1) is 14.3. The molecule has 1 saturated heterocycles. The summed E-state index contributed by atoms with van der Waals surface area (Å²) in [6.07, 6.45) is 3.96. The van der Waals surface area contributed by atoms with Crippen LogP contribution in [0.1, 0.15) is 46.0 Å². The molecule has 1 saturated carbocycles. The number of ether oxygens (including phenoxy) is 1. The smallest absolute Gasteiger partial charge is 0.248 e. The zero-order chi connectivity index (χ0) is 13.9. The van der Waals surface area contributed by atoms with Gasteiger partial charge in [-0.2, -0.15) is 0 Å². The summed E-state index contributed by atoms with van der Waals surface area (Å²) in [5.41, 5.74) is -0.631. The minimum absolute atomic E-state index is 0.00154. The molecule has 0 aromatic heterocycles. The summed E-state index contributed by atoms with van der Waals surface area (Å²) in [4.78, 5) is 26.6. The molecule has 5 nitrogen and oxygen atoms in total. The van der Waals surface area contributed by atoms with Crippen molar-refractivity contribution in [3.05, 3.63) is 0 Å². The second-order valence-electron chi connectivity index (χ2n) is 5.59. The van der Waals surface area contributed by atoms with E-state index < -0.39 is 5.54 Å². The van der Waals surface area contributed by atoms with Gasteiger partial charge in [0.05, 0.1) is 6.61 Å². The minimum Gasteiger partial charge on any atom is -0.380 e. The van der Waals surface area contributed by atoms with Crippen LogP contribution < -0.4 is 5.32 Å². The van der Waals surface area contributed by atoms with Crippen molar-refractivity contribution in [3.63, 3.8) is 0 Å². The summed E-state index contributed by atoms with van der Waals surface area (Å²) in [5.74, 6) is 0.0877. The number of nitrogens with one attached hydrogen (secondary N) is 1. The fourth-order valence-corrected chi connectivity index (χ4v) is 3.17. The highest BCUT2D eigenvalue weighted by atomic mass is 16.5. The van der Waals surface area contributed by atoms with E-state index in [1.165, 1.54) is 0 Å². The van der Waals surface area contributed by atoms with Gasteiger partial charge in [0.25, 0.3) is 0 Å². The van der Waals surface area contributed by atoms with Crippen LogP contribution in [0.2, 0.25) is 0 Å². The first-order chi connectivity index (χ1) is 9.09. The molecule has 1 N–H and O–H groups in total. The Labute approximate surface area is 114 Å². The average molecular weight is 268 g/mol. The van der Waals surface area contributed by atoms with Gasteiger partial charge in [0.2, 0.25) is 11.8 Å². The Morgan fingerprint density at radius 3 is 2.68 bits per heavy atom. The molecule has 2 fully saturated rings. The second kappa shape index (κ2) is 5.90. The molecule has 5 heteroatoms. The topological polar surface area (TPSA) is 58.6 Å². The molecular formula is C14H24N2O3. The summed E-state index contributed by atoms with van der Waals surface area (Å²) in [6, 6.07) is -0.0482. The quantitative estimate of drug-likeness (QED) is 0.776. The van der Waals surface area contributed by atoms with Crippen LogP contribution in [0, 0.1) is 0 Å². The van der Waals surface area contributed by atoms with Gasteiger partial charge in [0.1, 0.15) is 5.54 Å². The van der Waals surface area contributed by atoms with E-state index >= 15 is 0 Å². The summed E-state index contributed by atoms with van der Waals surface area (Å²) < 4.78 is 5.35. The zero-order valence-corrected chi connectivity index (χ0v) is 11.9. The highest BCUT2D eigenvalue weighted by Crippen LogP contribution is 2.34. The average Bonchev–Trinajstić information content (AvgIpc) is 2.80. The second-order valence-corrected chi connectivity index (χ2v) is 5.59. The number of carbonyl (C=O) groups is 2. The van der Waals surface area contributed by atoms with Gasteiger partial charge in [-0.15, -0.1) is 0 Å². The Morgan fingerprint density at radius 2 is 2.05 bits per heavy atom. The lowest BCUT2D eigenvalue weighted by molar-refractivity contribution is -0.140. The first-order valence-corrected chi connectivity index (χ1v) is 7.29. The van der Waals surface area contributed by atoms with Crippen molar-refractivity contribution in [2.75, 3.05) is 19.8 Å². The van der Waals surface area contributed by atoms with Crippen molar-refractivity contribution in [2.45, 2.75) is 57.5 Å². The largest absolute Gasteiger partial charge is 0.380 e. The molecule has 1 atom stereocenters. The molecule has 108 valence electrons. The Morgan fingerprint density at radius 1 is 1.37 bits per heavy atom. The lowest BCUT2D eigenvalue weighted by Gasteiger charge is -2.34. The third kappa shape index (κ3) is 2.91. The molecule has 1 heterocycles. The molecule has 19 heavy (non-hydrogen) atoms. The van der Waals surface area contributed by atoms with Crippen LogP contribution in [0.15, 0.2) is 0 Å². The third-order valence-corrected chi connectivity index (χ3v) is 4.20. The van der Waals surface area contributed by atoms with Crippen molar-refractivity contribution in [1.29, 1.82) is 0 Å².